The molecule has 0 aliphatic carbocycles. The molecule has 3 aromatic rings. The van der Waals surface area contributed by atoms with Crippen LogP contribution in [0.4, 0.5) is 18.3 Å². The fraction of sp³-hybridized carbons (Fsp3) is 0.267. The molecular formula is C15H12ClF3N4S2. The first kappa shape index (κ1) is 18.2. The number of halogens is 4. The van der Waals surface area contributed by atoms with Crippen LogP contribution in [0, 0.1) is 6.92 Å². The summed E-state index contributed by atoms with van der Waals surface area (Å²) in [5, 5.41) is 11.5. The predicted octanol–water partition coefficient (Wildman–Crippen LogP) is 5.31. The van der Waals surface area contributed by atoms with Crippen molar-refractivity contribution in [2.24, 2.45) is 0 Å². The van der Waals surface area contributed by atoms with Crippen LogP contribution in [0.3, 0.4) is 0 Å². The minimum Gasteiger partial charge on any atom is -0.351 e. The van der Waals surface area contributed by atoms with Gasteiger partial charge in [0.05, 0.1) is 16.2 Å². The van der Waals surface area contributed by atoms with E-state index in [1.165, 1.54) is 11.8 Å². The zero-order chi connectivity index (χ0) is 18.0. The highest BCUT2D eigenvalue weighted by molar-refractivity contribution is 8.00. The Hall–Kier alpha value is -1.58. The largest absolute Gasteiger partial charge is 0.405 e. The van der Waals surface area contributed by atoms with Crippen LogP contribution in [0.1, 0.15) is 11.3 Å². The summed E-state index contributed by atoms with van der Waals surface area (Å²) < 4.78 is 37.1. The number of hydrogen-bond donors (Lipinski definition) is 1. The summed E-state index contributed by atoms with van der Waals surface area (Å²) in [5.74, 6) is 0.457. The smallest absolute Gasteiger partial charge is 0.351 e. The van der Waals surface area contributed by atoms with Gasteiger partial charge in [-0.2, -0.15) is 13.2 Å². The summed E-state index contributed by atoms with van der Waals surface area (Å²) in [6, 6.07) is 7.71. The van der Waals surface area contributed by atoms with Crippen LogP contribution in [-0.4, -0.2) is 27.9 Å². The third-order valence-electron chi connectivity index (χ3n) is 3.32. The minimum atomic E-state index is -4.29. The molecule has 4 nitrogen and oxygen atoms in total. The molecule has 0 saturated heterocycles. The normalized spacial score (nSPS) is 11.9. The van der Waals surface area contributed by atoms with Crippen molar-refractivity contribution in [3.05, 3.63) is 40.5 Å². The molecule has 2 aromatic heterocycles. The van der Waals surface area contributed by atoms with E-state index in [0.717, 1.165) is 27.8 Å². The topological polar surface area (TPSA) is 50.7 Å². The van der Waals surface area contributed by atoms with Gasteiger partial charge in [0.1, 0.15) is 6.54 Å². The molecule has 0 unspecified atom stereocenters. The molecule has 0 radical (unpaired) electrons. The van der Waals surface area contributed by atoms with Crippen LogP contribution in [-0.2, 0) is 5.75 Å². The number of pyridine rings is 1. The Bertz CT molecular complexity index is 898. The van der Waals surface area contributed by atoms with Crippen LogP contribution in [0.25, 0.3) is 10.9 Å². The molecule has 132 valence electrons. The summed E-state index contributed by atoms with van der Waals surface area (Å²) in [6.07, 6.45) is -4.29. The summed E-state index contributed by atoms with van der Waals surface area (Å²) in [5.41, 5.74) is 2.51. The number of hydrogen-bond acceptors (Lipinski definition) is 6. The van der Waals surface area contributed by atoms with Gasteiger partial charge in [-0.3, -0.25) is 4.98 Å². The Morgan fingerprint density at radius 1 is 1.24 bits per heavy atom. The van der Waals surface area contributed by atoms with Gasteiger partial charge in [0.2, 0.25) is 5.13 Å². The third-order valence-corrected chi connectivity index (χ3v) is 5.85. The number of para-hydroxylation sites is 1. The van der Waals surface area contributed by atoms with E-state index >= 15 is 0 Å². The van der Waals surface area contributed by atoms with Crippen molar-refractivity contribution < 1.29 is 13.2 Å². The fourth-order valence-electron chi connectivity index (χ4n) is 2.16. The molecule has 0 saturated carbocycles. The zero-order valence-electron chi connectivity index (χ0n) is 12.9. The Balaban J connectivity index is 1.71. The van der Waals surface area contributed by atoms with Gasteiger partial charge in [-0.25, -0.2) is 0 Å². The first-order valence-corrected chi connectivity index (χ1v) is 9.32. The molecule has 0 aliphatic rings. The average Bonchev–Trinajstić information content (AvgIpc) is 3.02. The lowest BCUT2D eigenvalue weighted by molar-refractivity contribution is -0.115. The molecule has 1 N–H and O–H groups in total. The standard InChI is InChI=1S/C15H12ClF3N4S2/c1-8-9-4-2-3-5-10(9)21-11(12(8)16)6-24-14-23-22-13(25-14)20-7-15(17,18)19/h2-5H,6-7H2,1H3,(H,20,22). The molecule has 0 aliphatic heterocycles. The van der Waals surface area contributed by atoms with Crippen LogP contribution in [0.15, 0.2) is 28.6 Å². The van der Waals surface area contributed by atoms with Gasteiger partial charge < -0.3 is 5.32 Å². The van der Waals surface area contributed by atoms with Gasteiger partial charge in [-0.15, -0.1) is 10.2 Å². The maximum atomic E-state index is 12.2. The van der Waals surface area contributed by atoms with Crippen molar-refractivity contribution in [1.29, 1.82) is 0 Å². The van der Waals surface area contributed by atoms with Crippen molar-refractivity contribution in [2.45, 2.75) is 23.2 Å². The number of alkyl halides is 3. The predicted molar refractivity (Wildman–Crippen MR) is 95.5 cm³/mol. The number of nitrogens with zero attached hydrogens (tertiary/aromatic N) is 3. The number of benzene rings is 1. The average molecular weight is 405 g/mol. The van der Waals surface area contributed by atoms with Crippen LogP contribution in [0.5, 0.6) is 0 Å². The van der Waals surface area contributed by atoms with Crippen molar-refractivity contribution in [1.82, 2.24) is 15.2 Å². The SMILES string of the molecule is Cc1c(Cl)c(CSc2nnc(NCC(F)(F)F)s2)nc2ccccc12. The van der Waals surface area contributed by atoms with E-state index in [9.17, 15) is 13.2 Å². The molecule has 1 aromatic carbocycles. The van der Waals surface area contributed by atoms with Crippen molar-refractivity contribution in [3.8, 4) is 0 Å². The number of nitrogens with one attached hydrogen (secondary N) is 1. The van der Waals surface area contributed by atoms with E-state index in [1.54, 1.807) is 0 Å². The van der Waals surface area contributed by atoms with E-state index in [1.807, 2.05) is 31.2 Å². The summed E-state index contributed by atoms with van der Waals surface area (Å²) in [7, 11) is 0. The third kappa shape index (κ3) is 4.53. The molecule has 10 heteroatoms. The van der Waals surface area contributed by atoms with E-state index in [-0.39, 0.29) is 5.13 Å². The van der Waals surface area contributed by atoms with Gasteiger partial charge in [0.25, 0.3) is 0 Å². The number of rotatable bonds is 5. The van der Waals surface area contributed by atoms with Crippen LogP contribution >= 0.6 is 34.7 Å². The Labute approximate surface area is 154 Å². The van der Waals surface area contributed by atoms with Gasteiger partial charge in [-0.05, 0) is 18.6 Å². The zero-order valence-corrected chi connectivity index (χ0v) is 15.3. The summed E-state index contributed by atoms with van der Waals surface area (Å²) >= 11 is 8.80. The van der Waals surface area contributed by atoms with Gasteiger partial charge in [-0.1, -0.05) is 52.9 Å². The maximum Gasteiger partial charge on any atom is 0.405 e. The second-order valence-corrected chi connectivity index (χ2v) is 7.72. The summed E-state index contributed by atoms with van der Waals surface area (Å²) in [4.78, 5) is 4.57. The number of fused-ring (bicyclic) bond motifs is 1. The monoisotopic (exact) mass is 404 g/mol. The Morgan fingerprint density at radius 2 is 2.00 bits per heavy atom. The summed E-state index contributed by atoms with van der Waals surface area (Å²) in [6.45, 7) is 0.800. The molecule has 3 rings (SSSR count). The first-order chi connectivity index (χ1) is 11.8. The number of anilines is 1. The highest BCUT2D eigenvalue weighted by Crippen LogP contribution is 2.33. The molecule has 0 bridgehead atoms. The molecule has 0 spiro atoms. The lowest BCUT2D eigenvalue weighted by Gasteiger charge is -2.09. The fourth-order valence-corrected chi connectivity index (χ4v) is 4.14. The first-order valence-electron chi connectivity index (χ1n) is 7.14. The lowest BCUT2D eigenvalue weighted by atomic mass is 10.1. The molecular weight excluding hydrogens is 393 g/mol. The lowest BCUT2D eigenvalue weighted by Crippen LogP contribution is -2.21. The van der Waals surface area contributed by atoms with Gasteiger partial charge >= 0.3 is 6.18 Å². The van der Waals surface area contributed by atoms with E-state index in [4.69, 9.17) is 11.6 Å². The van der Waals surface area contributed by atoms with Crippen molar-refractivity contribution in [3.63, 3.8) is 0 Å². The van der Waals surface area contributed by atoms with E-state index < -0.39 is 12.7 Å². The van der Waals surface area contributed by atoms with Gasteiger partial charge in [0.15, 0.2) is 4.34 Å². The molecule has 0 fully saturated rings. The second kappa shape index (κ2) is 7.35. The highest BCUT2D eigenvalue weighted by Gasteiger charge is 2.27. The van der Waals surface area contributed by atoms with Crippen LogP contribution < -0.4 is 5.32 Å². The van der Waals surface area contributed by atoms with Crippen molar-refractivity contribution in [2.75, 3.05) is 11.9 Å². The number of aromatic nitrogens is 3. The van der Waals surface area contributed by atoms with Crippen molar-refractivity contribution >= 4 is 50.7 Å². The molecule has 2 heterocycles. The van der Waals surface area contributed by atoms with Crippen LogP contribution in [0.2, 0.25) is 5.02 Å². The maximum absolute atomic E-state index is 12.2. The van der Waals surface area contributed by atoms with Gasteiger partial charge in [0, 0.05) is 11.1 Å². The Kier molecular flexibility index (Phi) is 5.35. The minimum absolute atomic E-state index is 0.133. The number of aryl methyl sites for hydroxylation is 1. The highest BCUT2D eigenvalue weighted by atomic mass is 35.5. The molecule has 25 heavy (non-hydrogen) atoms. The Morgan fingerprint density at radius 3 is 2.76 bits per heavy atom. The van der Waals surface area contributed by atoms with E-state index in [2.05, 4.69) is 20.5 Å². The van der Waals surface area contributed by atoms with E-state index in [0.29, 0.717) is 20.8 Å². The molecule has 0 amide bonds. The second-order valence-electron chi connectivity index (χ2n) is 5.15. The number of thioether (sulfide) groups is 1. The quantitative estimate of drug-likeness (QED) is 0.583. The molecule has 0 atom stereocenters.